The van der Waals surface area contributed by atoms with Gasteiger partial charge in [-0.25, -0.2) is 16.8 Å². The molecule has 7 heteroatoms. The molecular formula is C9H15ClO4S2. The molecule has 94 valence electrons. The fourth-order valence-electron chi connectivity index (χ4n) is 1.65. The zero-order valence-corrected chi connectivity index (χ0v) is 11.2. The second kappa shape index (κ2) is 5.51. The van der Waals surface area contributed by atoms with Crippen molar-refractivity contribution in [3.05, 3.63) is 12.2 Å². The lowest BCUT2D eigenvalue weighted by Crippen LogP contribution is -2.22. The van der Waals surface area contributed by atoms with Crippen molar-refractivity contribution in [3.63, 3.8) is 0 Å². The van der Waals surface area contributed by atoms with E-state index in [1.54, 1.807) is 6.08 Å². The summed E-state index contributed by atoms with van der Waals surface area (Å²) in [5.41, 5.74) is 0. The van der Waals surface area contributed by atoms with Gasteiger partial charge in [0.1, 0.15) is 9.84 Å². The van der Waals surface area contributed by atoms with Crippen molar-refractivity contribution in [3.8, 4) is 0 Å². The lowest BCUT2D eigenvalue weighted by atomic mass is 9.99. The molecule has 0 spiro atoms. The smallest absolute Gasteiger partial charge is 0.229 e. The third-order valence-corrected chi connectivity index (χ3v) is 5.29. The van der Waals surface area contributed by atoms with E-state index in [4.69, 9.17) is 10.7 Å². The summed E-state index contributed by atoms with van der Waals surface area (Å²) in [6.45, 7) is 0. The molecule has 1 fully saturated rings. The summed E-state index contributed by atoms with van der Waals surface area (Å²) in [6.07, 6.45) is 5.34. The summed E-state index contributed by atoms with van der Waals surface area (Å²) >= 11 is 0. The average Bonchev–Trinajstić information content (AvgIpc) is 2.13. The maximum absolute atomic E-state index is 11.1. The minimum Gasteiger partial charge on any atom is -0.229 e. The molecule has 0 aromatic rings. The van der Waals surface area contributed by atoms with E-state index in [0.29, 0.717) is 18.8 Å². The molecule has 1 aliphatic heterocycles. The van der Waals surface area contributed by atoms with Gasteiger partial charge in [-0.3, -0.25) is 0 Å². The van der Waals surface area contributed by atoms with E-state index in [2.05, 4.69) is 0 Å². The number of sulfone groups is 1. The fraction of sp³-hybridized carbons (Fsp3) is 0.778. The predicted molar refractivity (Wildman–Crippen MR) is 64.8 cm³/mol. The molecule has 0 radical (unpaired) electrons. The van der Waals surface area contributed by atoms with Gasteiger partial charge in [0.15, 0.2) is 0 Å². The highest BCUT2D eigenvalue weighted by Crippen LogP contribution is 2.22. The molecule has 0 aromatic carbocycles. The van der Waals surface area contributed by atoms with Crippen LogP contribution in [0, 0.1) is 5.92 Å². The van der Waals surface area contributed by atoms with Gasteiger partial charge in [-0.1, -0.05) is 12.2 Å². The first-order chi connectivity index (χ1) is 7.29. The summed E-state index contributed by atoms with van der Waals surface area (Å²) in [7, 11) is -1.23. The minimum absolute atomic E-state index is 0.167. The molecule has 1 rings (SSSR count). The minimum atomic E-state index is -3.46. The predicted octanol–water partition coefficient (Wildman–Crippen LogP) is 1.33. The van der Waals surface area contributed by atoms with Gasteiger partial charge in [-0.15, -0.1) is 0 Å². The summed E-state index contributed by atoms with van der Waals surface area (Å²) in [6, 6.07) is 0. The van der Waals surface area contributed by atoms with E-state index in [1.165, 1.54) is 6.08 Å². The summed E-state index contributed by atoms with van der Waals surface area (Å²) in [4.78, 5) is 0. The van der Waals surface area contributed by atoms with Crippen molar-refractivity contribution in [2.24, 2.45) is 5.92 Å². The van der Waals surface area contributed by atoms with E-state index in [0.717, 1.165) is 6.42 Å². The number of halogens is 1. The van der Waals surface area contributed by atoms with Crippen LogP contribution in [0.1, 0.15) is 19.3 Å². The molecular weight excluding hydrogens is 272 g/mol. The Hall–Kier alpha value is -0.0700. The summed E-state index contributed by atoms with van der Waals surface area (Å²) in [5.74, 6) is 0.677. The Bertz CT molecular complexity index is 436. The lowest BCUT2D eigenvalue weighted by molar-refractivity contribution is 0.470. The zero-order chi connectivity index (χ0) is 12.2. The van der Waals surface area contributed by atoms with E-state index < -0.39 is 18.9 Å². The second-order valence-corrected chi connectivity index (χ2v) is 9.13. The average molecular weight is 287 g/mol. The number of hydrogen-bond acceptors (Lipinski definition) is 4. The van der Waals surface area contributed by atoms with Gasteiger partial charge < -0.3 is 0 Å². The Balaban J connectivity index is 2.30. The van der Waals surface area contributed by atoms with Crippen LogP contribution in [-0.4, -0.2) is 34.1 Å². The van der Waals surface area contributed by atoms with Crippen molar-refractivity contribution in [2.75, 3.05) is 17.3 Å². The van der Waals surface area contributed by atoms with Gasteiger partial charge in [0.05, 0.1) is 17.3 Å². The fourth-order valence-corrected chi connectivity index (χ4v) is 3.82. The molecule has 0 N–H and O–H groups in total. The first-order valence-electron chi connectivity index (χ1n) is 5.06. The van der Waals surface area contributed by atoms with Crippen LogP contribution in [0.4, 0.5) is 0 Å². The van der Waals surface area contributed by atoms with Crippen LogP contribution < -0.4 is 0 Å². The Labute approximate surface area is 101 Å². The van der Waals surface area contributed by atoms with Crippen LogP contribution >= 0.6 is 10.7 Å². The molecule has 16 heavy (non-hydrogen) atoms. The third-order valence-electron chi connectivity index (χ3n) is 2.61. The van der Waals surface area contributed by atoms with Crippen molar-refractivity contribution in [1.29, 1.82) is 0 Å². The van der Waals surface area contributed by atoms with E-state index >= 15 is 0 Å². The van der Waals surface area contributed by atoms with Gasteiger partial charge in [0.2, 0.25) is 9.05 Å². The molecule has 0 bridgehead atoms. The molecule has 1 aliphatic rings. The highest BCUT2D eigenvalue weighted by atomic mass is 35.7. The van der Waals surface area contributed by atoms with Crippen LogP contribution in [0.5, 0.6) is 0 Å². The summed E-state index contributed by atoms with van der Waals surface area (Å²) < 4.78 is 43.5. The molecule has 0 unspecified atom stereocenters. The van der Waals surface area contributed by atoms with Gasteiger partial charge >= 0.3 is 0 Å². The first kappa shape index (κ1) is 14.0. The monoisotopic (exact) mass is 286 g/mol. The quantitative estimate of drug-likeness (QED) is 0.577. The van der Waals surface area contributed by atoms with Gasteiger partial charge in [-0.05, 0) is 25.2 Å². The van der Waals surface area contributed by atoms with E-state index in [1.807, 2.05) is 0 Å². The van der Waals surface area contributed by atoms with Crippen molar-refractivity contribution in [1.82, 2.24) is 0 Å². The van der Waals surface area contributed by atoms with Crippen LogP contribution in [0.15, 0.2) is 12.2 Å². The Morgan fingerprint density at radius 1 is 1.19 bits per heavy atom. The van der Waals surface area contributed by atoms with Crippen molar-refractivity contribution >= 4 is 29.6 Å². The van der Waals surface area contributed by atoms with Crippen LogP contribution in [0.2, 0.25) is 0 Å². The Morgan fingerprint density at radius 2 is 1.75 bits per heavy atom. The molecule has 0 atom stereocenters. The highest BCUT2D eigenvalue weighted by Gasteiger charge is 2.22. The molecule has 1 saturated heterocycles. The molecule has 4 nitrogen and oxygen atoms in total. The Morgan fingerprint density at radius 3 is 2.25 bits per heavy atom. The number of rotatable bonds is 4. The standard InChI is InChI=1S/C9H15ClO4S2/c10-16(13,14)6-2-1-3-9-4-7-15(11,12)8-5-9/h1-2,9H,3-8H2/b2-1-. The van der Waals surface area contributed by atoms with Gasteiger partial charge in [-0.2, -0.15) is 0 Å². The molecule has 0 aliphatic carbocycles. The molecule has 0 amide bonds. The number of hydrogen-bond donors (Lipinski definition) is 0. The topological polar surface area (TPSA) is 68.3 Å². The van der Waals surface area contributed by atoms with Crippen LogP contribution in [-0.2, 0) is 18.9 Å². The second-order valence-electron chi connectivity index (χ2n) is 4.01. The van der Waals surface area contributed by atoms with E-state index in [9.17, 15) is 16.8 Å². The maximum atomic E-state index is 11.1. The molecule has 0 saturated carbocycles. The van der Waals surface area contributed by atoms with Crippen molar-refractivity contribution < 1.29 is 16.8 Å². The lowest BCUT2D eigenvalue weighted by Gasteiger charge is -2.20. The normalized spacial score (nSPS) is 22.6. The van der Waals surface area contributed by atoms with E-state index in [-0.39, 0.29) is 17.3 Å². The molecule has 1 heterocycles. The third kappa shape index (κ3) is 5.86. The first-order valence-corrected chi connectivity index (χ1v) is 9.36. The van der Waals surface area contributed by atoms with Crippen LogP contribution in [0.25, 0.3) is 0 Å². The van der Waals surface area contributed by atoms with Crippen LogP contribution in [0.3, 0.4) is 0 Å². The SMILES string of the molecule is O=S(=O)(Cl)C/C=C\CC1CCS(=O)(=O)CC1. The number of allylic oxidation sites excluding steroid dienone is 1. The van der Waals surface area contributed by atoms with Gasteiger partial charge in [0.25, 0.3) is 0 Å². The van der Waals surface area contributed by atoms with Crippen molar-refractivity contribution in [2.45, 2.75) is 19.3 Å². The summed E-state index contributed by atoms with van der Waals surface area (Å²) in [5, 5.41) is 0. The highest BCUT2D eigenvalue weighted by molar-refractivity contribution is 8.13. The maximum Gasteiger partial charge on any atom is 0.236 e. The zero-order valence-electron chi connectivity index (χ0n) is 8.80. The largest absolute Gasteiger partial charge is 0.236 e. The van der Waals surface area contributed by atoms with Gasteiger partial charge in [0, 0.05) is 10.7 Å². The molecule has 0 aromatic heterocycles. The Kier molecular flexibility index (Phi) is 4.82.